The standard InChI is InChI=1S/C9H16N2O2/c1-7-6-8(2)11(10-7)4-5-13-9(3)12/h8H,4-6H2,1-3H3. The minimum atomic E-state index is -0.229. The van der Waals surface area contributed by atoms with Crippen LogP contribution in [0.5, 0.6) is 0 Å². The van der Waals surface area contributed by atoms with Crippen LogP contribution in [0.25, 0.3) is 0 Å². The van der Waals surface area contributed by atoms with Gasteiger partial charge in [0.15, 0.2) is 0 Å². The Hall–Kier alpha value is -1.06. The van der Waals surface area contributed by atoms with Crippen molar-refractivity contribution in [2.45, 2.75) is 33.2 Å². The van der Waals surface area contributed by atoms with Crippen LogP contribution in [-0.4, -0.2) is 35.9 Å². The van der Waals surface area contributed by atoms with E-state index in [0.29, 0.717) is 19.2 Å². The van der Waals surface area contributed by atoms with Crippen LogP contribution in [-0.2, 0) is 9.53 Å². The zero-order valence-corrected chi connectivity index (χ0v) is 8.41. The first-order valence-corrected chi connectivity index (χ1v) is 4.53. The van der Waals surface area contributed by atoms with E-state index >= 15 is 0 Å². The molecule has 1 rings (SSSR count). The molecule has 0 radical (unpaired) electrons. The van der Waals surface area contributed by atoms with Crippen molar-refractivity contribution >= 4 is 11.7 Å². The first-order valence-electron chi connectivity index (χ1n) is 4.53. The molecule has 1 aliphatic rings. The topological polar surface area (TPSA) is 41.9 Å². The zero-order chi connectivity index (χ0) is 9.84. The Morgan fingerprint density at radius 1 is 1.77 bits per heavy atom. The Kier molecular flexibility index (Phi) is 3.28. The van der Waals surface area contributed by atoms with E-state index in [4.69, 9.17) is 4.74 Å². The summed E-state index contributed by atoms with van der Waals surface area (Å²) in [5.74, 6) is -0.229. The van der Waals surface area contributed by atoms with Gasteiger partial charge in [-0.25, -0.2) is 0 Å². The van der Waals surface area contributed by atoms with E-state index in [-0.39, 0.29) is 5.97 Å². The number of hydrogen-bond acceptors (Lipinski definition) is 4. The summed E-state index contributed by atoms with van der Waals surface area (Å²) >= 11 is 0. The minimum Gasteiger partial charge on any atom is -0.464 e. The summed E-state index contributed by atoms with van der Waals surface area (Å²) in [6, 6.07) is 0.440. The summed E-state index contributed by atoms with van der Waals surface area (Å²) in [5.41, 5.74) is 1.15. The highest BCUT2D eigenvalue weighted by Crippen LogP contribution is 2.13. The van der Waals surface area contributed by atoms with E-state index in [2.05, 4.69) is 12.0 Å². The van der Waals surface area contributed by atoms with Crippen molar-refractivity contribution < 1.29 is 9.53 Å². The number of nitrogens with zero attached hydrogens (tertiary/aromatic N) is 2. The van der Waals surface area contributed by atoms with E-state index in [1.807, 2.05) is 11.9 Å². The van der Waals surface area contributed by atoms with Crippen LogP contribution >= 0.6 is 0 Å². The normalized spacial score (nSPS) is 21.6. The molecule has 0 N–H and O–H groups in total. The summed E-state index contributed by atoms with van der Waals surface area (Å²) in [4.78, 5) is 10.5. The van der Waals surface area contributed by atoms with E-state index < -0.39 is 0 Å². The minimum absolute atomic E-state index is 0.229. The Balaban J connectivity index is 2.25. The molecule has 1 atom stereocenters. The monoisotopic (exact) mass is 184 g/mol. The fourth-order valence-electron chi connectivity index (χ4n) is 1.44. The highest BCUT2D eigenvalue weighted by atomic mass is 16.5. The Morgan fingerprint density at radius 2 is 2.46 bits per heavy atom. The molecular formula is C9H16N2O2. The molecule has 0 aromatic rings. The second-order valence-corrected chi connectivity index (χ2v) is 3.39. The zero-order valence-electron chi connectivity index (χ0n) is 8.41. The summed E-state index contributed by atoms with van der Waals surface area (Å²) in [7, 11) is 0. The molecule has 0 bridgehead atoms. The van der Waals surface area contributed by atoms with Gasteiger partial charge in [0, 0.05) is 25.1 Å². The number of hydrazone groups is 1. The molecule has 0 saturated heterocycles. The predicted octanol–water partition coefficient (Wildman–Crippen LogP) is 1.02. The van der Waals surface area contributed by atoms with Gasteiger partial charge in [0.1, 0.15) is 6.61 Å². The molecule has 0 aromatic carbocycles. The number of carbonyl (C=O) groups excluding carboxylic acids is 1. The van der Waals surface area contributed by atoms with Crippen molar-refractivity contribution in [3.63, 3.8) is 0 Å². The molecule has 4 heteroatoms. The van der Waals surface area contributed by atoms with Crippen molar-refractivity contribution in [3.05, 3.63) is 0 Å². The van der Waals surface area contributed by atoms with Gasteiger partial charge in [-0.15, -0.1) is 0 Å². The molecule has 0 fully saturated rings. The average molecular weight is 184 g/mol. The molecule has 0 aromatic heterocycles. The molecule has 0 amide bonds. The van der Waals surface area contributed by atoms with Gasteiger partial charge in [0.25, 0.3) is 0 Å². The van der Waals surface area contributed by atoms with Crippen molar-refractivity contribution in [1.29, 1.82) is 0 Å². The number of carbonyl (C=O) groups is 1. The molecule has 0 saturated carbocycles. The SMILES string of the molecule is CC(=O)OCCN1N=C(C)CC1C. The van der Waals surface area contributed by atoms with Crippen molar-refractivity contribution in [1.82, 2.24) is 5.01 Å². The molecule has 0 aliphatic carbocycles. The van der Waals surface area contributed by atoms with E-state index in [1.165, 1.54) is 6.92 Å². The van der Waals surface area contributed by atoms with Crippen LogP contribution < -0.4 is 0 Å². The van der Waals surface area contributed by atoms with Crippen LogP contribution in [0.4, 0.5) is 0 Å². The highest BCUT2D eigenvalue weighted by Gasteiger charge is 2.19. The van der Waals surface area contributed by atoms with Gasteiger partial charge >= 0.3 is 5.97 Å². The van der Waals surface area contributed by atoms with Gasteiger partial charge in [-0.2, -0.15) is 5.10 Å². The smallest absolute Gasteiger partial charge is 0.302 e. The van der Waals surface area contributed by atoms with Gasteiger partial charge in [-0.3, -0.25) is 9.80 Å². The van der Waals surface area contributed by atoms with Crippen LogP contribution in [0.15, 0.2) is 5.10 Å². The molecule has 1 heterocycles. The van der Waals surface area contributed by atoms with Gasteiger partial charge in [0.2, 0.25) is 0 Å². The first-order chi connectivity index (χ1) is 6.09. The lowest BCUT2D eigenvalue weighted by Crippen LogP contribution is -2.27. The molecule has 13 heavy (non-hydrogen) atoms. The Bertz CT molecular complexity index is 226. The average Bonchev–Trinajstić information content (AvgIpc) is 2.29. The number of ether oxygens (including phenoxy) is 1. The van der Waals surface area contributed by atoms with Crippen LogP contribution in [0.1, 0.15) is 27.2 Å². The maximum atomic E-state index is 10.5. The maximum Gasteiger partial charge on any atom is 0.302 e. The largest absolute Gasteiger partial charge is 0.464 e. The number of hydrogen-bond donors (Lipinski definition) is 0. The Morgan fingerprint density at radius 3 is 2.92 bits per heavy atom. The summed E-state index contributed by atoms with van der Waals surface area (Å²) in [6.07, 6.45) is 1.01. The number of rotatable bonds is 3. The van der Waals surface area contributed by atoms with Gasteiger partial charge in [-0.05, 0) is 13.8 Å². The Labute approximate surface area is 78.6 Å². The van der Waals surface area contributed by atoms with E-state index in [1.54, 1.807) is 0 Å². The van der Waals surface area contributed by atoms with Crippen LogP contribution in [0.2, 0.25) is 0 Å². The summed E-state index contributed by atoms with van der Waals surface area (Å²) < 4.78 is 4.84. The number of esters is 1. The lowest BCUT2D eigenvalue weighted by atomic mass is 10.2. The highest BCUT2D eigenvalue weighted by molar-refractivity contribution is 5.83. The molecule has 1 aliphatic heterocycles. The third-order valence-corrected chi connectivity index (χ3v) is 2.02. The summed E-state index contributed by atoms with van der Waals surface area (Å²) in [5, 5.41) is 6.30. The van der Waals surface area contributed by atoms with Crippen LogP contribution in [0, 0.1) is 0 Å². The lowest BCUT2D eigenvalue weighted by molar-refractivity contribution is -0.141. The van der Waals surface area contributed by atoms with Gasteiger partial charge in [0.05, 0.1) is 6.54 Å². The third kappa shape index (κ3) is 3.05. The first kappa shape index (κ1) is 10.0. The molecule has 0 spiro atoms. The maximum absolute atomic E-state index is 10.5. The van der Waals surface area contributed by atoms with Gasteiger partial charge < -0.3 is 4.74 Å². The fraction of sp³-hybridized carbons (Fsp3) is 0.778. The third-order valence-electron chi connectivity index (χ3n) is 2.02. The van der Waals surface area contributed by atoms with Crippen molar-refractivity contribution in [2.75, 3.05) is 13.2 Å². The van der Waals surface area contributed by atoms with Crippen molar-refractivity contribution in [3.8, 4) is 0 Å². The molecule has 74 valence electrons. The summed E-state index contributed by atoms with van der Waals surface area (Å²) in [6.45, 7) is 6.67. The van der Waals surface area contributed by atoms with E-state index in [0.717, 1.165) is 12.1 Å². The lowest BCUT2D eigenvalue weighted by Gasteiger charge is -2.19. The second-order valence-electron chi connectivity index (χ2n) is 3.39. The molecule has 4 nitrogen and oxygen atoms in total. The molecule has 1 unspecified atom stereocenters. The van der Waals surface area contributed by atoms with Crippen molar-refractivity contribution in [2.24, 2.45) is 5.10 Å². The quantitative estimate of drug-likeness (QED) is 0.615. The fourth-order valence-corrected chi connectivity index (χ4v) is 1.44. The van der Waals surface area contributed by atoms with E-state index in [9.17, 15) is 4.79 Å². The molecular weight excluding hydrogens is 168 g/mol. The van der Waals surface area contributed by atoms with Crippen LogP contribution in [0.3, 0.4) is 0 Å². The second kappa shape index (κ2) is 4.25. The predicted molar refractivity (Wildman–Crippen MR) is 50.5 cm³/mol. The van der Waals surface area contributed by atoms with Gasteiger partial charge in [-0.1, -0.05) is 0 Å².